The molecule has 0 aromatic carbocycles. The van der Waals surface area contributed by atoms with Gasteiger partial charge in [-0.1, -0.05) is 0 Å². The SMILES string of the molecule is COc1nc(NC2CCN(C3COC3)CC2(F)F)nn2cc(F)c(-c3cc(F)c4ncc(C(F)F)n4c3)c12. The molecule has 0 saturated carbocycles. The fraction of sp³-hybridized carbons (Fsp3) is 0.435. The topological polar surface area (TPSA) is 81.2 Å². The summed E-state index contributed by atoms with van der Waals surface area (Å²) in [5, 5.41) is 6.77. The third kappa shape index (κ3) is 4.00. The minimum Gasteiger partial charge on any atom is -0.479 e. The van der Waals surface area contributed by atoms with Crippen molar-refractivity contribution in [3.05, 3.63) is 42.0 Å². The molecule has 4 aromatic rings. The average molecular weight is 541 g/mol. The summed E-state index contributed by atoms with van der Waals surface area (Å²) in [5.41, 5.74) is -1.28. The van der Waals surface area contributed by atoms with E-state index in [1.807, 2.05) is 0 Å². The van der Waals surface area contributed by atoms with E-state index in [1.165, 1.54) is 7.11 Å². The molecule has 1 unspecified atom stereocenters. The van der Waals surface area contributed by atoms with Crippen LogP contribution in [0.5, 0.6) is 5.88 Å². The van der Waals surface area contributed by atoms with Gasteiger partial charge in [0.05, 0.1) is 56.9 Å². The van der Waals surface area contributed by atoms with Crippen LogP contribution in [0, 0.1) is 11.6 Å². The van der Waals surface area contributed by atoms with E-state index in [9.17, 15) is 22.0 Å². The minimum absolute atomic E-state index is 0.0288. The first-order valence-corrected chi connectivity index (χ1v) is 11.7. The lowest BCUT2D eigenvalue weighted by molar-refractivity contribution is -0.131. The highest BCUT2D eigenvalue weighted by atomic mass is 19.3. The van der Waals surface area contributed by atoms with E-state index >= 15 is 4.39 Å². The molecular weight excluding hydrogens is 520 g/mol. The first-order valence-electron chi connectivity index (χ1n) is 11.7. The normalized spacial score (nSPS) is 20.4. The maximum absolute atomic E-state index is 15.2. The standard InChI is InChI=1S/C23H21F6N7O2/c1-37-21-18-17(11-4-13(24)20-30-5-15(19(26)27)35(20)6-11)14(25)7-36(18)33-22(32-21)31-16-2-3-34(10-23(16,28)29)12-8-38-9-12/h4-7,12,16,19H,2-3,8-10H2,1H3,(H,31,33). The predicted octanol–water partition coefficient (Wildman–Crippen LogP) is 3.79. The zero-order chi connectivity index (χ0) is 26.8. The molecule has 2 aliphatic heterocycles. The van der Waals surface area contributed by atoms with Gasteiger partial charge in [0.25, 0.3) is 12.3 Å². The third-order valence-corrected chi connectivity index (χ3v) is 6.92. The van der Waals surface area contributed by atoms with Gasteiger partial charge in [0.1, 0.15) is 11.2 Å². The van der Waals surface area contributed by atoms with Crippen LogP contribution in [-0.2, 0) is 4.74 Å². The summed E-state index contributed by atoms with van der Waals surface area (Å²) in [6, 6.07) is -0.366. The van der Waals surface area contributed by atoms with Gasteiger partial charge in [-0.15, -0.1) is 5.10 Å². The Hall–Kier alpha value is -3.59. The third-order valence-electron chi connectivity index (χ3n) is 6.92. The number of aromatic nitrogens is 5. The second-order valence-corrected chi connectivity index (χ2v) is 9.25. The Kier molecular flexibility index (Phi) is 5.86. The monoisotopic (exact) mass is 541 g/mol. The second-order valence-electron chi connectivity index (χ2n) is 9.25. The fourth-order valence-electron chi connectivity index (χ4n) is 4.91. The van der Waals surface area contributed by atoms with Crippen LogP contribution in [0.1, 0.15) is 18.5 Å². The molecule has 2 aliphatic rings. The van der Waals surface area contributed by atoms with E-state index in [1.54, 1.807) is 4.90 Å². The van der Waals surface area contributed by atoms with Gasteiger partial charge in [-0.05, 0) is 12.5 Å². The van der Waals surface area contributed by atoms with Gasteiger partial charge in [-0.2, -0.15) is 4.98 Å². The molecule has 0 aliphatic carbocycles. The van der Waals surface area contributed by atoms with E-state index in [-0.39, 0.29) is 46.6 Å². The maximum atomic E-state index is 15.2. The second kappa shape index (κ2) is 9.01. The summed E-state index contributed by atoms with van der Waals surface area (Å²) in [5.74, 6) is -5.35. The number of pyridine rings is 1. The Bertz CT molecular complexity index is 1520. The van der Waals surface area contributed by atoms with Crippen molar-refractivity contribution in [3.63, 3.8) is 0 Å². The number of methoxy groups -OCH3 is 1. The molecule has 1 atom stereocenters. The van der Waals surface area contributed by atoms with Gasteiger partial charge in [0.2, 0.25) is 11.8 Å². The van der Waals surface area contributed by atoms with E-state index in [4.69, 9.17) is 9.47 Å². The molecule has 2 fully saturated rings. The highest BCUT2D eigenvalue weighted by Crippen LogP contribution is 2.37. The summed E-state index contributed by atoms with van der Waals surface area (Å²) in [6.07, 6.45) is 0.0617. The van der Waals surface area contributed by atoms with Gasteiger partial charge < -0.3 is 14.8 Å². The number of anilines is 1. The number of imidazole rings is 1. The van der Waals surface area contributed by atoms with Gasteiger partial charge in [-0.3, -0.25) is 9.30 Å². The highest BCUT2D eigenvalue weighted by Gasteiger charge is 2.47. The van der Waals surface area contributed by atoms with Gasteiger partial charge in [0.15, 0.2) is 17.3 Å². The summed E-state index contributed by atoms with van der Waals surface area (Å²) in [7, 11) is 1.24. The number of alkyl halides is 4. The summed E-state index contributed by atoms with van der Waals surface area (Å²) < 4.78 is 98.9. The molecule has 2 saturated heterocycles. The molecule has 202 valence electrons. The smallest absolute Gasteiger partial charge is 0.280 e. The summed E-state index contributed by atoms with van der Waals surface area (Å²) >= 11 is 0. The highest BCUT2D eigenvalue weighted by molar-refractivity contribution is 5.85. The van der Waals surface area contributed by atoms with Crippen molar-refractivity contribution in [1.29, 1.82) is 0 Å². The Morgan fingerprint density at radius 3 is 2.63 bits per heavy atom. The molecule has 9 nitrogen and oxygen atoms in total. The van der Waals surface area contributed by atoms with Crippen LogP contribution in [0.4, 0.5) is 32.3 Å². The van der Waals surface area contributed by atoms with Crippen molar-refractivity contribution in [3.8, 4) is 17.0 Å². The van der Waals surface area contributed by atoms with Gasteiger partial charge >= 0.3 is 0 Å². The zero-order valence-corrected chi connectivity index (χ0v) is 19.8. The molecule has 38 heavy (non-hydrogen) atoms. The lowest BCUT2D eigenvalue weighted by Gasteiger charge is -2.44. The molecule has 6 heterocycles. The Morgan fingerprint density at radius 1 is 1.18 bits per heavy atom. The van der Waals surface area contributed by atoms with Crippen LogP contribution in [-0.4, -0.2) is 80.3 Å². The number of likely N-dealkylation sites (tertiary alicyclic amines) is 1. The Morgan fingerprint density at radius 2 is 1.97 bits per heavy atom. The van der Waals surface area contributed by atoms with Crippen molar-refractivity contribution in [2.24, 2.45) is 0 Å². The summed E-state index contributed by atoms with van der Waals surface area (Å²) in [6.45, 7) is 0.816. The number of piperidine rings is 1. The largest absolute Gasteiger partial charge is 0.479 e. The summed E-state index contributed by atoms with van der Waals surface area (Å²) in [4.78, 5) is 9.50. The van der Waals surface area contributed by atoms with Crippen LogP contribution >= 0.6 is 0 Å². The molecule has 1 N–H and O–H groups in total. The fourth-order valence-corrected chi connectivity index (χ4v) is 4.91. The first kappa shape index (κ1) is 24.7. The number of rotatable bonds is 6. The van der Waals surface area contributed by atoms with E-state index in [2.05, 4.69) is 20.4 Å². The van der Waals surface area contributed by atoms with E-state index in [0.29, 0.717) is 19.8 Å². The van der Waals surface area contributed by atoms with Gasteiger partial charge in [0, 0.05) is 18.3 Å². The van der Waals surface area contributed by atoms with Crippen molar-refractivity contribution in [2.75, 3.05) is 38.7 Å². The predicted molar refractivity (Wildman–Crippen MR) is 122 cm³/mol. The lowest BCUT2D eigenvalue weighted by atomic mass is 9.98. The van der Waals surface area contributed by atoms with Crippen LogP contribution in [0.2, 0.25) is 0 Å². The van der Waals surface area contributed by atoms with Crippen LogP contribution in [0.25, 0.3) is 22.3 Å². The van der Waals surface area contributed by atoms with E-state index in [0.717, 1.165) is 33.6 Å². The molecule has 6 rings (SSSR count). The number of halogens is 6. The van der Waals surface area contributed by atoms with Crippen LogP contribution in [0.15, 0.2) is 24.7 Å². The van der Waals surface area contributed by atoms with E-state index < -0.39 is 42.3 Å². The van der Waals surface area contributed by atoms with Gasteiger partial charge in [-0.25, -0.2) is 35.8 Å². The molecule has 0 radical (unpaired) electrons. The number of hydrogen-bond donors (Lipinski definition) is 1. The number of hydrogen-bond acceptors (Lipinski definition) is 7. The molecular formula is C23H21F6N7O2. The van der Waals surface area contributed by atoms with Crippen LogP contribution < -0.4 is 10.1 Å². The van der Waals surface area contributed by atoms with Crippen LogP contribution in [0.3, 0.4) is 0 Å². The number of ether oxygens (including phenoxy) is 2. The number of fused-ring (bicyclic) bond motifs is 2. The Labute approximate surface area is 211 Å². The molecule has 4 aromatic heterocycles. The van der Waals surface area contributed by atoms with Crippen molar-refractivity contribution in [2.45, 2.75) is 30.9 Å². The number of nitrogens with zero attached hydrogens (tertiary/aromatic N) is 6. The van der Waals surface area contributed by atoms with Crippen molar-refractivity contribution >= 4 is 17.1 Å². The first-order chi connectivity index (χ1) is 18.2. The average Bonchev–Trinajstić information content (AvgIpc) is 3.39. The molecule has 0 amide bonds. The maximum Gasteiger partial charge on any atom is 0.280 e. The zero-order valence-electron chi connectivity index (χ0n) is 19.8. The Balaban J connectivity index is 1.37. The quantitative estimate of drug-likeness (QED) is 0.372. The lowest BCUT2D eigenvalue weighted by Crippen LogP contribution is -2.61. The number of nitrogens with one attached hydrogen (secondary N) is 1. The molecule has 15 heteroatoms. The van der Waals surface area contributed by atoms with Crippen molar-refractivity contribution < 1.29 is 35.8 Å². The molecule has 0 spiro atoms. The molecule has 0 bridgehead atoms. The minimum atomic E-state index is -3.10. The van der Waals surface area contributed by atoms with Crippen molar-refractivity contribution in [1.82, 2.24) is 28.9 Å².